The van der Waals surface area contributed by atoms with Crippen molar-refractivity contribution in [2.75, 3.05) is 40.3 Å². The average Bonchev–Trinajstić information content (AvgIpc) is 2.67. The molecule has 1 unspecified atom stereocenters. The molecule has 0 aromatic heterocycles. The smallest absolute Gasteiger partial charge is 0.313 e. The first-order valence-corrected chi connectivity index (χ1v) is 6.64. The number of hydrogen-bond acceptors (Lipinski definition) is 4. The van der Waals surface area contributed by atoms with E-state index in [0.29, 0.717) is 0 Å². The van der Waals surface area contributed by atoms with E-state index in [1.54, 1.807) is 0 Å². The zero-order valence-corrected chi connectivity index (χ0v) is 11.0. The van der Waals surface area contributed by atoms with Gasteiger partial charge in [-0.15, -0.1) is 0 Å². The first-order chi connectivity index (χ1) is 8.16. The number of esters is 1. The van der Waals surface area contributed by atoms with Crippen molar-refractivity contribution in [2.45, 2.75) is 25.7 Å². The predicted octanol–water partition coefficient (Wildman–Crippen LogP) is 0.871. The Hall–Kier alpha value is -0.610. The molecular formula is C13H24N2O2. The summed E-state index contributed by atoms with van der Waals surface area (Å²) in [4.78, 5) is 14.1. The molecule has 0 bridgehead atoms. The van der Waals surface area contributed by atoms with Crippen LogP contribution in [0.15, 0.2) is 0 Å². The molecule has 4 nitrogen and oxygen atoms in total. The molecule has 1 aliphatic heterocycles. The highest BCUT2D eigenvalue weighted by molar-refractivity contribution is 5.78. The highest BCUT2D eigenvalue weighted by Crippen LogP contribution is 2.41. The van der Waals surface area contributed by atoms with Gasteiger partial charge in [0.2, 0.25) is 0 Å². The van der Waals surface area contributed by atoms with Crippen molar-refractivity contribution in [3.63, 3.8) is 0 Å². The van der Waals surface area contributed by atoms with Crippen molar-refractivity contribution in [3.8, 4) is 0 Å². The van der Waals surface area contributed by atoms with Crippen LogP contribution in [0.2, 0.25) is 0 Å². The number of carbonyl (C=O) groups excluding carboxylic acids is 1. The van der Waals surface area contributed by atoms with Gasteiger partial charge in [-0.1, -0.05) is 6.42 Å². The molecule has 1 saturated heterocycles. The predicted molar refractivity (Wildman–Crippen MR) is 66.8 cm³/mol. The molecule has 2 rings (SSSR count). The molecule has 98 valence electrons. The van der Waals surface area contributed by atoms with Gasteiger partial charge in [-0.3, -0.25) is 4.79 Å². The zero-order chi connectivity index (χ0) is 12.3. The van der Waals surface area contributed by atoms with Crippen LogP contribution in [-0.2, 0) is 9.53 Å². The van der Waals surface area contributed by atoms with Crippen molar-refractivity contribution in [3.05, 3.63) is 0 Å². The maximum Gasteiger partial charge on any atom is 0.313 e. The Balaban J connectivity index is 1.72. The number of hydrogen-bond donors (Lipinski definition) is 1. The zero-order valence-electron chi connectivity index (χ0n) is 11.0. The number of ether oxygens (including phenoxy) is 1. The van der Waals surface area contributed by atoms with Gasteiger partial charge in [0.05, 0.1) is 12.5 Å². The molecular weight excluding hydrogens is 216 g/mol. The molecule has 1 saturated carbocycles. The maximum absolute atomic E-state index is 11.7. The van der Waals surface area contributed by atoms with E-state index >= 15 is 0 Å². The maximum atomic E-state index is 11.7. The van der Waals surface area contributed by atoms with Crippen LogP contribution >= 0.6 is 0 Å². The van der Waals surface area contributed by atoms with E-state index < -0.39 is 0 Å². The largest absolute Gasteiger partial charge is 0.469 e. The summed E-state index contributed by atoms with van der Waals surface area (Å²) in [5.41, 5.74) is -0.209. The number of carbonyl (C=O) groups is 1. The minimum absolute atomic E-state index is 0.0280. The van der Waals surface area contributed by atoms with E-state index in [1.807, 2.05) is 0 Å². The lowest BCUT2D eigenvalue weighted by molar-refractivity contribution is -0.158. The summed E-state index contributed by atoms with van der Waals surface area (Å²) in [6.45, 7) is 4.20. The van der Waals surface area contributed by atoms with Crippen molar-refractivity contribution < 1.29 is 9.53 Å². The summed E-state index contributed by atoms with van der Waals surface area (Å²) < 4.78 is 4.91. The van der Waals surface area contributed by atoms with Gasteiger partial charge in [0, 0.05) is 13.1 Å². The average molecular weight is 240 g/mol. The molecule has 2 aliphatic rings. The second-order valence-corrected chi connectivity index (χ2v) is 5.67. The third kappa shape index (κ3) is 2.80. The van der Waals surface area contributed by atoms with E-state index in [0.717, 1.165) is 38.3 Å². The van der Waals surface area contributed by atoms with Gasteiger partial charge in [-0.05, 0) is 45.3 Å². The normalized spacial score (nSPS) is 27.8. The van der Waals surface area contributed by atoms with E-state index in [1.165, 1.54) is 26.6 Å². The van der Waals surface area contributed by atoms with Gasteiger partial charge >= 0.3 is 5.97 Å². The van der Waals surface area contributed by atoms with E-state index in [4.69, 9.17) is 4.74 Å². The number of methoxy groups -OCH3 is 1. The summed E-state index contributed by atoms with van der Waals surface area (Å²) in [5, 5.41) is 3.48. The minimum atomic E-state index is -0.209. The summed E-state index contributed by atoms with van der Waals surface area (Å²) in [6, 6.07) is 0. The standard InChI is InChI=1S/C13H24N2O2/c1-15-7-4-11(9-15)8-14-10-13(5-3-6-13)12(16)17-2/h11,14H,3-10H2,1-2H3. The topological polar surface area (TPSA) is 41.6 Å². The minimum Gasteiger partial charge on any atom is -0.469 e. The number of likely N-dealkylation sites (tertiary alicyclic amines) is 1. The van der Waals surface area contributed by atoms with Crippen molar-refractivity contribution in [1.29, 1.82) is 0 Å². The highest BCUT2D eigenvalue weighted by Gasteiger charge is 2.44. The molecule has 1 N–H and O–H groups in total. The molecule has 0 amide bonds. The van der Waals surface area contributed by atoms with Crippen LogP contribution in [0.1, 0.15) is 25.7 Å². The van der Waals surface area contributed by atoms with Gasteiger partial charge in [0.15, 0.2) is 0 Å². The number of nitrogens with zero attached hydrogens (tertiary/aromatic N) is 1. The van der Waals surface area contributed by atoms with E-state index in [-0.39, 0.29) is 11.4 Å². The first-order valence-electron chi connectivity index (χ1n) is 6.64. The molecule has 1 atom stereocenters. The van der Waals surface area contributed by atoms with Crippen LogP contribution in [0.5, 0.6) is 0 Å². The van der Waals surface area contributed by atoms with Crippen LogP contribution < -0.4 is 5.32 Å². The Kier molecular flexibility index (Phi) is 4.05. The van der Waals surface area contributed by atoms with Crippen LogP contribution in [0.4, 0.5) is 0 Å². The Bertz CT molecular complexity index is 277. The lowest BCUT2D eigenvalue weighted by Gasteiger charge is -2.39. The highest BCUT2D eigenvalue weighted by atomic mass is 16.5. The van der Waals surface area contributed by atoms with Gasteiger partial charge in [-0.25, -0.2) is 0 Å². The van der Waals surface area contributed by atoms with Crippen LogP contribution in [0.25, 0.3) is 0 Å². The number of rotatable bonds is 5. The molecule has 0 radical (unpaired) electrons. The third-order valence-electron chi connectivity index (χ3n) is 4.31. The van der Waals surface area contributed by atoms with Crippen LogP contribution in [0.3, 0.4) is 0 Å². The summed E-state index contributed by atoms with van der Waals surface area (Å²) in [6.07, 6.45) is 4.39. The Morgan fingerprint density at radius 2 is 2.29 bits per heavy atom. The molecule has 4 heteroatoms. The van der Waals surface area contributed by atoms with E-state index in [2.05, 4.69) is 17.3 Å². The second kappa shape index (κ2) is 5.36. The fourth-order valence-electron chi connectivity index (χ4n) is 2.98. The number of nitrogens with one attached hydrogen (secondary N) is 1. The summed E-state index contributed by atoms with van der Waals surface area (Å²) in [7, 11) is 3.66. The SMILES string of the molecule is COC(=O)C1(CNCC2CCN(C)C2)CCC1. The fraction of sp³-hybridized carbons (Fsp3) is 0.923. The Morgan fingerprint density at radius 1 is 1.53 bits per heavy atom. The quantitative estimate of drug-likeness (QED) is 0.724. The second-order valence-electron chi connectivity index (χ2n) is 5.67. The molecule has 1 heterocycles. The van der Waals surface area contributed by atoms with Gasteiger partial charge in [0.1, 0.15) is 0 Å². The first kappa shape index (κ1) is 12.8. The lowest BCUT2D eigenvalue weighted by Crippen LogP contribution is -2.47. The van der Waals surface area contributed by atoms with E-state index in [9.17, 15) is 4.79 Å². The lowest BCUT2D eigenvalue weighted by atomic mass is 9.68. The van der Waals surface area contributed by atoms with Gasteiger partial charge in [0.25, 0.3) is 0 Å². The molecule has 0 aromatic carbocycles. The van der Waals surface area contributed by atoms with Crippen molar-refractivity contribution in [1.82, 2.24) is 10.2 Å². The molecule has 2 fully saturated rings. The van der Waals surface area contributed by atoms with Crippen LogP contribution in [0, 0.1) is 11.3 Å². The Labute approximate surface area is 104 Å². The Morgan fingerprint density at radius 3 is 2.76 bits per heavy atom. The summed E-state index contributed by atoms with van der Waals surface area (Å²) in [5.74, 6) is 0.717. The molecule has 0 spiro atoms. The monoisotopic (exact) mass is 240 g/mol. The summed E-state index contributed by atoms with van der Waals surface area (Å²) >= 11 is 0. The molecule has 0 aromatic rings. The molecule has 17 heavy (non-hydrogen) atoms. The van der Waals surface area contributed by atoms with Crippen molar-refractivity contribution in [2.24, 2.45) is 11.3 Å². The van der Waals surface area contributed by atoms with Crippen molar-refractivity contribution >= 4 is 5.97 Å². The third-order valence-corrected chi connectivity index (χ3v) is 4.31. The van der Waals surface area contributed by atoms with Gasteiger partial charge in [-0.2, -0.15) is 0 Å². The van der Waals surface area contributed by atoms with Crippen LogP contribution in [-0.4, -0.2) is 51.2 Å². The van der Waals surface area contributed by atoms with Gasteiger partial charge < -0.3 is 15.0 Å². The molecule has 1 aliphatic carbocycles. The fourth-order valence-corrected chi connectivity index (χ4v) is 2.98.